The maximum absolute atomic E-state index is 11.6. The zero-order valence-electron chi connectivity index (χ0n) is 17.0. The lowest BCUT2D eigenvalue weighted by Gasteiger charge is -2.28. The summed E-state index contributed by atoms with van der Waals surface area (Å²) in [7, 11) is 0. The molecule has 3 aromatic rings. The quantitative estimate of drug-likeness (QED) is 0.255. The lowest BCUT2D eigenvalue weighted by atomic mass is 10.0. The zero-order valence-corrected chi connectivity index (χ0v) is 17.0. The number of para-hydroxylation sites is 1. The first-order valence-electron chi connectivity index (χ1n) is 10.3. The molecule has 0 saturated carbocycles. The van der Waals surface area contributed by atoms with Gasteiger partial charge >= 0.3 is 5.97 Å². The fourth-order valence-electron chi connectivity index (χ4n) is 4.43. The number of aryl methyl sites for hydroxylation is 1. The van der Waals surface area contributed by atoms with E-state index < -0.39 is 11.9 Å². The van der Waals surface area contributed by atoms with Gasteiger partial charge in [0.2, 0.25) is 0 Å². The molecule has 1 aliphatic rings. The number of aliphatic carboxylic acids is 1. The van der Waals surface area contributed by atoms with Crippen molar-refractivity contribution in [1.82, 2.24) is 15.4 Å². The third-order valence-electron chi connectivity index (χ3n) is 5.87. The molecule has 0 spiro atoms. The maximum atomic E-state index is 11.6. The number of hydrogen-bond donors (Lipinski definition) is 4. The monoisotopic (exact) mass is 419 g/mol. The second kappa shape index (κ2) is 9.16. The summed E-state index contributed by atoms with van der Waals surface area (Å²) in [4.78, 5) is 28.1. The van der Waals surface area contributed by atoms with E-state index in [1.165, 1.54) is 22.6 Å². The summed E-state index contributed by atoms with van der Waals surface area (Å²) < 4.78 is 0. The summed E-state index contributed by atoms with van der Waals surface area (Å²) in [6, 6.07) is 14.1. The molecule has 2 aromatic carbocycles. The van der Waals surface area contributed by atoms with Crippen LogP contribution in [0.4, 0.5) is 0 Å². The Morgan fingerprint density at radius 3 is 2.87 bits per heavy atom. The van der Waals surface area contributed by atoms with Crippen molar-refractivity contribution in [2.24, 2.45) is 0 Å². The van der Waals surface area contributed by atoms with E-state index in [2.05, 4.69) is 11.1 Å². The number of carbonyl (C=O) groups is 2. The molecule has 4 rings (SSSR count). The molecule has 0 radical (unpaired) electrons. The normalized spacial score (nSPS) is 15.6. The molecule has 7 nitrogen and oxygen atoms in total. The standard InChI is InChI=1S/C24H25N3O4/c28-23(26-31)10-6-16-5-8-20-17(13-16)7-9-22(20)27(15-24(29)30)12-11-18-14-25-21-4-2-1-3-19(18)21/h1-6,8,10,13-14,22,25,31H,7,9,11-12,15H2,(H,26,28)(H,29,30)/b10-6+. The third kappa shape index (κ3) is 4.68. The Hall–Kier alpha value is -3.42. The number of rotatable bonds is 8. The lowest BCUT2D eigenvalue weighted by Crippen LogP contribution is -2.34. The van der Waals surface area contributed by atoms with Crippen molar-refractivity contribution < 1.29 is 19.9 Å². The van der Waals surface area contributed by atoms with Crippen LogP contribution < -0.4 is 5.48 Å². The first-order chi connectivity index (χ1) is 15.0. The van der Waals surface area contributed by atoms with Crippen molar-refractivity contribution >= 4 is 28.9 Å². The lowest BCUT2D eigenvalue weighted by molar-refractivity contribution is -0.139. The Bertz CT molecular complexity index is 1130. The van der Waals surface area contributed by atoms with Gasteiger partial charge in [0.1, 0.15) is 0 Å². The Morgan fingerprint density at radius 2 is 2.06 bits per heavy atom. The van der Waals surface area contributed by atoms with Gasteiger partial charge in [-0.05, 0) is 53.7 Å². The SMILES string of the molecule is O=C(O)CN(CCc1c[nH]c2ccccc12)C1CCc2cc(/C=C/C(=O)NO)ccc21. The molecule has 7 heteroatoms. The van der Waals surface area contributed by atoms with Crippen LogP contribution in [0.1, 0.15) is 34.7 Å². The van der Waals surface area contributed by atoms with E-state index in [-0.39, 0.29) is 12.6 Å². The fourth-order valence-corrected chi connectivity index (χ4v) is 4.43. The minimum Gasteiger partial charge on any atom is -0.480 e. The largest absolute Gasteiger partial charge is 0.480 e. The molecule has 4 N–H and O–H groups in total. The van der Waals surface area contributed by atoms with E-state index in [0.717, 1.165) is 35.9 Å². The number of nitrogens with one attached hydrogen (secondary N) is 2. The van der Waals surface area contributed by atoms with Crippen LogP contribution >= 0.6 is 0 Å². The number of aromatic amines is 1. The Balaban J connectivity index is 1.52. The topological polar surface area (TPSA) is 106 Å². The highest BCUT2D eigenvalue weighted by molar-refractivity contribution is 5.90. The van der Waals surface area contributed by atoms with E-state index >= 15 is 0 Å². The molecule has 1 atom stereocenters. The second-order valence-electron chi connectivity index (χ2n) is 7.80. The van der Waals surface area contributed by atoms with E-state index in [1.807, 2.05) is 47.5 Å². The van der Waals surface area contributed by atoms with Crippen LogP contribution in [-0.4, -0.2) is 45.2 Å². The van der Waals surface area contributed by atoms with Crippen LogP contribution in [0, 0.1) is 0 Å². The molecule has 1 unspecified atom stereocenters. The van der Waals surface area contributed by atoms with Gasteiger partial charge in [-0.1, -0.05) is 36.4 Å². The number of hydroxylamine groups is 1. The van der Waals surface area contributed by atoms with Gasteiger partial charge in [0.05, 0.1) is 6.54 Å². The number of hydrogen-bond acceptors (Lipinski definition) is 4. The summed E-state index contributed by atoms with van der Waals surface area (Å²) in [5, 5.41) is 19.3. The van der Waals surface area contributed by atoms with Crippen molar-refractivity contribution in [2.75, 3.05) is 13.1 Å². The van der Waals surface area contributed by atoms with Crippen molar-refractivity contribution in [2.45, 2.75) is 25.3 Å². The Kier molecular flexibility index (Phi) is 6.16. The van der Waals surface area contributed by atoms with Crippen molar-refractivity contribution in [3.05, 3.63) is 77.0 Å². The Labute approximate surface area is 180 Å². The number of benzene rings is 2. The predicted molar refractivity (Wildman–Crippen MR) is 118 cm³/mol. The van der Waals surface area contributed by atoms with Crippen LogP contribution in [0.15, 0.2) is 54.7 Å². The molecule has 0 aliphatic heterocycles. The van der Waals surface area contributed by atoms with Gasteiger partial charge in [-0.3, -0.25) is 19.7 Å². The van der Waals surface area contributed by atoms with Crippen LogP contribution in [0.5, 0.6) is 0 Å². The van der Waals surface area contributed by atoms with E-state index in [9.17, 15) is 14.7 Å². The van der Waals surface area contributed by atoms with Crippen molar-refractivity contribution in [1.29, 1.82) is 0 Å². The molecule has 1 heterocycles. The number of carboxylic acids is 1. The molecule has 1 aliphatic carbocycles. The Morgan fingerprint density at radius 1 is 1.23 bits per heavy atom. The maximum Gasteiger partial charge on any atom is 0.317 e. The molecular formula is C24H25N3O4. The molecule has 31 heavy (non-hydrogen) atoms. The minimum absolute atomic E-state index is 0.00914. The zero-order chi connectivity index (χ0) is 21.8. The van der Waals surface area contributed by atoms with Crippen LogP contribution in [0.25, 0.3) is 17.0 Å². The van der Waals surface area contributed by atoms with Gasteiger partial charge in [0.25, 0.3) is 5.91 Å². The third-order valence-corrected chi connectivity index (χ3v) is 5.87. The summed E-state index contributed by atoms with van der Waals surface area (Å²) in [6.45, 7) is 0.640. The molecule has 1 aromatic heterocycles. The number of nitrogens with zero attached hydrogens (tertiary/aromatic N) is 1. The van der Waals surface area contributed by atoms with E-state index in [4.69, 9.17) is 5.21 Å². The number of carboxylic acid groups (broad SMARTS) is 1. The molecular weight excluding hydrogens is 394 g/mol. The smallest absolute Gasteiger partial charge is 0.317 e. The minimum atomic E-state index is -0.832. The number of H-pyrrole nitrogens is 1. The number of aromatic nitrogens is 1. The predicted octanol–water partition coefficient (Wildman–Crippen LogP) is 3.30. The van der Waals surface area contributed by atoms with Crippen LogP contribution in [0.2, 0.25) is 0 Å². The number of amides is 1. The van der Waals surface area contributed by atoms with E-state index in [0.29, 0.717) is 6.54 Å². The summed E-state index contributed by atoms with van der Waals surface area (Å²) in [6.07, 6.45) is 7.41. The molecule has 1 amide bonds. The highest BCUT2D eigenvalue weighted by Crippen LogP contribution is 2.36. The average molecular weight is 419 g/mol. The molecule has 160 valence electrons. The molecule has 0 bridgehead atoms. The summed E-state index contributed by atoms with van der Waals surface area (Å²) >= 11 is 0. The van der Waals surface area contributed by atoms with Gasteiger partial charge in [-0.25, -0.2) is 5.48 Å². The van der Waals surface area contributed by atoms with Crippen LogP contribution in [-0.2, 0) is 22.4 Å². The highest BCUT2D eigenvalue weighted by atomic mass is 16.5. The fraction of sp³-hybridized carbons (Fsp3) is 0.250. The van der Waals surface area contributed by atoms with Gasteiger partial charge in [-0.2, -0.15) is 0 Å². The van der Waals surface area contributed by atoms with E-state index in [1.54, 1.807) is 11.6 Å². The van der Waals surface area contributed by atoms with Gasteiger partial charge in [0.15, 0.2) is 0 Å². The molecule has 0 saturated heterocycles. The highest BCUT2D eigenvalue weighted by Gasteiger charge is 2.29. The van der Waals surface area contributed by atoms with Gasteiger partial charge in [-0.15, -0.1) is 0 Å². The van der Waals surface area contributed by atoms with Crippen LogP contribution in [0.3, 0.4) is 0 Å². The number of fused-ring (bicyclic) bond motifs is 2. The first kappa shape index (κ1) is 20.8. The van der Waals surface area contributed by atoms with Crippen molar-refractivity contribution in [3.63, 3.8) is 0 Å². The summed E-state index contributed by atoms with van der Waals surface area (Å²) in [5.41, 5.74) is 7.02. The number of carbonyl (C=O) groups excluding carboxylic acids is 1. The van der Waals surface area contributed by atoms with Gasteiger partial charge < -0.3 is 10.1 Å². The second-order valence-corrected chi connectivity index (χ2v) is 7.80. The molecule has 0 fully saturated rings. The summed E-state index contributed by atoms with van der Waals surface area (Å²) in [5.74, 6) is -1.41. The van der Waals surface area contributed by atoms with Crippen molar-refractivity contribution in [3.8, 4) is 0 Å². The average Bonchev–Trinajstić information content (AvgIpc) is 3.38. The van der Waals surface area contributed by atoms with Gasteiger partial charge in [0, 0.05) is 35.8 Å². The first-order valence-corrected chi connectivity index (χ1v) is 10.3.